The number of hydrogen-bond donors (Lipinski definition) is 1. The quantitative estimate of drug-likeness (QED) is 0.558. The van der Waals surface area contributed by atoms with Gasteiger partial charge in [0.15, 0.2) is 0 Å². The van der Waals surface area contributed by atoms with Crippen molar-refractivity contribution in [1.29, 1.82) is 0 Å². The molecule has 1 aliphatic carbocycles. The molecule has 0 bridgehead atoms. The predicted molar refractivity (Wildman–Crippen MR) is 95.7 cm³/mol. The summed E-state index contributed by atoms with van der Waals surface area (Å²) in [6.07, 6.45) is 11.5. The van der Waals surface area contributed by atoms with Crippen molar-refractivity contribution < 1.29 is 4.79 Å². The van der Waals surface area contributed by atoms with E-state index in [1.807, 2.05) is 51.2 Å². The largest absolute Gasteiger partial charge is 0.356 e. The standard InChI is InChI=1S/C19H25N4O/c1-23(2)22-21-18-12-10-17(11-13-18)14-15-20-19(24)9-5-8-16-6-3-4-7-16/h3-4,6-7,10-13H,5,8-9,14-15H2,1-2H3,(H,20,24). The zero-order valence-electron chi connectivity index (χ0n) is 14.4. The molecule has 0 heterocycles. The second kappa shape index (κ2) is 10.1. The number of rotatable bonds is 9. The molecule has 5 heteroatoms. The highest BCUT2D eigenvalue weighted by Crippen LogP contribution is 2.27. The van der Waals surface area contributed by atoms with E-state index in [1.54, 1.807) is 5.01 Å². The molecule has 5 radical (unpaired) electrons. The lowest BCUT2D eigenvalue weighted by Crippen LogP contribution is -2.25. The van der Waals surface area contributed by atoms with Crippen LogP contribution in [0.15, 0.2) is 34.6 Å². The van der Waals surface area contributed by atoms with Gasteiger partial charge in [-0.3, -0.25) is 9.80 Å². The molecule has 0 saturated heterocycles. The molecule has 0 aromatic heterocycles. The lowest BCUT2D eigenvalue weighted by atomic mass is 10.0. The number of carbonyl (C=O) groups is 1. The molecule has 0 atom stereocenters. The fourth-order valence-electron chi connectivity index (χ4n) is 2.34. The molecule has 1 aliphatic rings. The number of nitrogens with zero attached hydrogens (tertiary/aromatic N) is 3. The topological polar surface area (TPSA) is 57.1 Å². The monoisotopic (exact) mass is 325 g/mol. The molecule has 1 aromatic carbocycles. The van der Waals surface area contributed by atoms with Crippen molar-refractivity contribution in [2.75, 3.05) is 20.6 Å². The van der Waals surface area contributed by atoms with Crippen molar-refractivity contribution in [3.05, 3.63) is 61.4 Å². The molecule has 1 saturated carbocycles. The number of carbonyl (C=O) groups excluding carboxylic acids is 1. The van der Waals surface area contributed by atoms with Gasteiger partial charge in [-0.25, -0.2) is 0 Å². The predicted octanol–water partition coefficient (Wildman–Crippen LogP) is 3.48. The van der Waals surface area contributed by atoms with Crippen LogP contribution in [0, 0.1) is 31.6 Å². The summed E-state index contributed by atoms with van der Waals surface area (Å²) in [4.78, 5) is 11.8. The minimum atomic E-state index is 0.123. The zero-order valence-corrected chi connectivity index (χ0v) is 14.4. The molecule has 24 heavy (non-hydrogen) atoms. The van der Waals surface area contributed by atoms with Gasteiger partial charge < -0.3 is 5.32 Å². The maximum absolute atomic E-state index is 11.8. The van der Waals surface area contributed by atoms with Crippen LogP contribution in [0.1, 0.15) is 24.8 Å². The summed E-state index contributed by atoms with van der Waals surface area (Å²) in [6, 6.07) is 7.91. The van der Waals surface area contributed by atoms with Gasteiger partial charge in [-0.05, 0) is 68.6 Å². The maximum atomic E-state index is 11.8. The Kier molecular flexibility index (Phi) is 7.72. The molecule has 0 unspecified atom stereocenters. The normalized spacial score (nSPS) is 15.1. The highest BCUT2D eigenvalue weighted by molar-refractivity contribution is 5.75. The highest BCUT2D eigenvalue weighted by atomic mass is 16.1. The Morgan fingerprint density at radius 3 is 2.46 bits per heavy atom. The smallest absolute Gasteiger partial charge is 0.220 e. The third kappa shape index (κ3) is 7.11. The Hall–Kier alpha value is -1.91. The highest BCUT2D eigenvalue weighted by Gasteiger charge is 2.16. The lowest BCUT2D eigenvalue weighted by Gasteiger charge is -2.08. The molecule has 0 spiro atoms. The van der Waals surface area contributed by atoms with Gasteiger partial charge in [0.05, 0.1) is 5.69 Å². The van der Waals surface area contributed by atoms with Gasteiger partial charge in [-0.15, -0.1) is 5.11 Å². The first-order chi connectivity index (χ1) is 11.6. The maximum Gasteiger partial charge on any atom is 0.220 e. The van der Waals surface area contributed by atoms with Crippen LogP contribution in [0.2, 0.25) is 0 Å². The van der Waals surface area contributed by atoms with Crippen molar-refractivity contribution in [2.24, 2.45) is 10.3 Å². The van der Waals surface area contributed by atoms with Crippen LogP contribution in [0.4, 0.5) is 5.69 Å². The molecule has 1 aromatic rings. The van der Waals surface area contributed by atoms with Crippen molar-refractivity contribution in [2.45, 2.75) is 25.7 Å². The first kappa shape index (κ1) is 18.4. The van der Waals surface area contributed by atoms with Crippen LogP contribution in [0.5, 0.6) is 0 Å². The van der Waals surface area contributed by atoms with Gasteiger partial charge in [-0.2, -0.15) is 0 Å². The molecule has 1 N–H and O–H groups in total. The van der Waals surface area contributed by atoms with Gasteiger partial charge in [0.1, 0.15) is 0 Å². The Morgan fingerprint density at radius 2 is 1.79 bits per heavy atom. The second-order valence-corrected chi connectivity index (χ2v) is 5.95. The SMILES string of the molecule is CN(C)N=Nc1ccc(CCNC(=O)CCC[C]2[CH][CH][CH][CH]2)cc1. The van der Waals surface area contributed by atoms with Crippen molar-refractivity contribution in [1.82, 2.24) is 10.3 Å². The minimum Gasteiger partial charge on any atom is -0.356 e. The van der Waals surface area contributed by atoms with Gasteiger partial charge in [0.25, 0.3) is 0 Å². The van der Waals surface area contributed by atoms with Crippen LogP contribution in [0.3, 0.4) is 0 Å². The van der Waals surface area contributed by atoms with Crippen LogP contribution in [-0.2, 0) is 11.2 Å². The molecule has 0 aliphatic heterocycles. The number of benzene rings is 1. The molecule has 2 rings (SSSR count). The third-order valence-electron chi connectivity index (χ3n) is 3.61. The summed E-state index contributed by atoms with van der Waals surface area (Å²) in [5.41, 5.74) is 2.00. The first-order valence-corrected chi connectivity index (χ1v) is 8.29. The summed E-state index contributed by atoms with van der Waals surface area (Å²) in [5, 5.41) is 12.7. The zero-order chi connectivity index (χ0) is 17.2. The van der Waals surface area contributed by atoms with E-state index < -0.39 is 0 Å². The minimum absolute atomic E-state index is 0.123. The fraction of sp³-hybridized carbons (Fsp3) is 0.368. The van der Waals surface area contributed by atoms with E-state index in [2.05, 4.69) is 28.5 Å². The van der Waals surface area contributed by atoms with Crippen molar-refractivity contribution in [3.8, 4) is 0 Å². The number of hydrogen-bond acceptors (Lipinski definition) is 3. The summed E-state index contributed by atoms with van der Waals surface area (Å²) >= 11 is 0. The Balaban J connectivity index is 1.59. The van der Waals surface area contributed by atoms with E-state index in [-0.39, 0.29) is 5.91 Å². The van der Waals surface area contributed by atoms with Crippen LogP contribution < -0.4 is 5.32 Å². The average molecular weight is 325 g/mol. The van der Waals surface area contributed by atoms with Gasteiger partial charge in [0, 0.05) is 27.1 Å². The molecular weight excluding hydrogens is 300 g/mol. The number of nitrogens with one attached hydrogen (secondary N) is 1. The summed E-state index contributed by atoms with van der Waals surface area (Å²) < 4.78 is 0. The van der Waals surface area contributed by atoms with Crippen LogP contribution in [-0.4, -0.2) is 31.6 Å². The van der Waals surface area contributed by atoms with Crippen LogP contribution in [0.25, 0.3) is 0 Å². The Labute approximate surface area is 145 Å². The van der Waals surface area contributed by atoms with E-state index in [1.165, 1.54) is 11.5 Å². The molecular formula is C19H25N4O. The average Bonchev–Trinajstić information content (AvgIpc) is 3.07. The van der Waals surface area contributed by atoms with Gasteiger partial charge >= 0.3 is 0 Å². The van der Waals surface area contributed by atoms with E-state index in [9.17, 15) is 4.79 Å². The summed E-state index contributed by atoms with van der Waals surface area (Å²) in [7, 11) is 3.67. The van der Waals surface area contributed by atoms with Gasteiger partial charge in [-0.1, -0.05) is 17.4 Å². The molecule has 1 fully saturated rings. The molecule has 5 nitrogen and oxygen atoms in total. The second-order valence-electron chi connectivity index (χ2n) is 5.95. The van der Waals surface area contributed by atoms with Crippen molar-refractivity contribution in [3.63, 3.8) is 0 Å². The Morgan fingerprint density at radius 1 is 1.08 bits per heavy atom. The van der Waals surface area contributed by atoms with E-state index in [0.717, 1.165) is 24.9 Å². The summed E-state index contributed by atoms with van der Waals surface area (Å²) in [5.74, 6) is 1.42. The molecule has 1 amide bonds. The first-order valence-electron chi connectivity index (χ1n) is 8.29. The van der Waals surface area contributed by atoms with E-state index in [0.29, 0.717) is 13.0 Å². The fourth-order valence-corrected chi connectivity index (χ4v) is 2.34. The molecule has 127 valence electrons. The number of amides is 1. The van der Waals surface area contributed by atoms with Crippen LogP contribution >= 0.6 is 0 Å². The lowest BCUT2D eigenvalue weighted by molar-refractivity contribution is -0.121. The Bertz CT molecular complexity index is 519. The summed E-state index contributed by atoms with van der Waals surface area (Å²) in [6.45, 7) is 0.660. The van der Waals surface area contributed by atoms with E-state index >= 15 is 0 Å². The van der Waals surface area contributed by atoms with Gasteiger partial charge in [0.2, 0.25) is 5.91 Å². The van der Waals surface area contributed by atoms with E-state index in [4.69, 9.17) is 0 Å². The van der Waals surface area contributed by atoms with Crippen molar-refractivity contribution >= 4 is 11.6 Å². The third-order valence-corrected chi connectivity index (χ3v) is 3.61.